The van der Waals surface area contributed by atoms with Gasteiger partial charge in [-0.15, -0.1) is 0 Å². The van der Waals surface area contributed by atoms with E-state index in [0.29, 0.717) is 24.5 Å². The van der Waals surface area contributed by atoms with Crippen LogP contribution in [0.15, 0.2) is 59.1 Å². The number of ether oxygens (including phenoxy) is 1. The molecule has 1 heterocycles. The van der Waals surface area contributed by atoms with Crippen LogP contribution in [0.1, 0.15) is 39.0 Å². The second-order valence-electron chi connectivity index (χ2n) is 7.32. The predicted octanol–water partition coefficient (Wildman–Crippen LogP) is 3.90. The lowest BCUT2D eigenvalue weighted by Gasteiger charge is -2.23. The molecule has 1 amide bonds. The zero-order valence-corrected chi connectivity index (χ0v) is 17.3. The molecular weight excluding hydrogens is 366 g/mol. The van der Waals surface area contributed by atoms with Crippen LogP contribution in [-0.2, 0) is 6.61 Å². The van der Waals surface area contributed by atoms with Crippen molar-refractivity contribution >= 4 is 5.91 Å². The zero-order valence-electron chi connectivity index (χ0n) is 17.3. The fourth-order valence-corrected chi connectivity index (χ4v) is 3.12. The highest BCUT2D eigenvalue weighted by Crippen LogP contribution is 2.20. The number of aromatic nitrogens is 1. The van der Waals surface area contributed by atoms with Crippen molar-refractivity contribution in [2.45, 2.75) is 26.5 Å². The van der Waals surface area contributed by atoms with Gasteiger partial charge in [0.25, 0.3) is 5.91 Å². The summed E-state index contributed by atoms with van der Waals surface area (Å²) in [7, 11) is 3.98. The number of carbonyl (C=O) groups is 1. The van der Waals surface area contributed by atoms with E-state index in [0.717, 1.165) is 22.6 Å². The molecule has 0 aliphatic heterocycles. The summed E-state index contributed by atoms with van der Waals surface area (Å²) in [6, 6.07) is 17.1. The molecule has 0 aliphatic rings. The Hall–Kier alpha value is -3.12. The Balaban J connectivity index is 1.70. The topological polar surface area (TPSA) is 67.6 Å². The van der Waals surface area contributed by atoms with Gasteiger partial charge in [0.1, 0.15) is 18.1 Å². The summed E-state index contributed by atoms with van der Waals surface area (Å²) in [5.41, 5.74) is 3.36. The van der Waals surface area contributed by atoms with E-state index >= 15 is 0 Å². The van der Waals surface area contributed by atoms with Gasteiger partial charge in [-0.3, -0.25) is 4.79 Å². The molecule has 0 fully saturated rings. The highest BCUT2D eigenvalue weighted by Gasteiger charge is 2.17. The number of likely N-dealkylation sites (N-methyl/N-ethyl adjacent to an activating group) is 1. The Labute approximate surface area is 171 Å². The van der Waals surface area contributed by atoms with Crippen molar-refractivity contribution in [3.8, 4) is 5.75 Å². The van der Waals surface area contributed by atoms with Crippen LogP contribution in [0.5, 0.6) is 5.75 Å². The average molecular weight is 393 g/mol. The predicted molar refractivity (Wildman–Crippen MR) is 112 cm³/mol. The minimum atomic E-state index is -0.136. The fraction of sp³-hybridized carbons (Fsp3) is 0.304. The maximum Gasteiger partial charge on any atom is 0.251 e. The molecule has 6 nitrogen and oxygen atoms in total. The molecule has 0 aliphatic carbocycles. The summed E-state index contributed by atoms with van der Waals surface area (Å²) < 4.78 is 11.0. The Morgan fingerprint density at radius 1 is 1.14 bits per heavy atom. The Kier molecular flexibility index (Phi) is 6.67. The summed E-state index contributed by atoms with van der Waals surface area (Å²) in [5.74, 6) is 1.23. The molecule has 29 heavy (non-hydrogen) atoms. The number of rotatable bonds is 8. The fourth-order valence-electron chi connectivity index (χ4n) is 3.12. The van der Waals surface area contributed by atoms with Gasteiger partial charge in [-0.25, -0.2) is 0 Å². The monoisotopic (exact) mass is 393 g/mol. The quantitative estimate of drug-likeness (QED) is 0.629. The minimum absolute atomic E-state index is 0.106. The van der Waals surface area contributed by atoms with E-state index in [1.807, 2.05) is 70.4 Å². The van der Waals surface area contributed by atoms with Gasteiger partial charge in [0.05, 0.1) is 17.3 Å². The van der Waals surface area contributed by atoms with Crippen LogP contribution < -0.4 is 10.1 Å². The van der Waals surface area contributed by atoms with Crippen LogP contribution in [0, 0.1) is 13.8 Å². The van der Waals surface area contributed by atoms with Crippen molar-refractivity contribution in [3.63, 3.8) is 0 Å². The van der Waals surface area contributed by atoms with Gasteiger partial charge in [0.2, 0.25) is 0 Å². The molecular formula is C23H27N3O3. The SMILES string of the molecule is Cc1noc(C)c1COc1cccc(C(=O)N[C@H](CN(C)C)c2ccccc2)c1. The highest BCUT2D eigenvalue weighted by molar-refractivity contribution is 5.94. The zero-order chi connectivity index (χ0) is 20.8. The maximum atomic E-state index is 12.9. The van der Waals surface area contributed by atoms with E-state index in [1.165, 1.54) is 0 Å². The molecule has 0 spiro atoms. The van der Waals surface area contributed by atoms with Crippen LogP contribution in [0.25, 0.3) is 0 Å². The Morgan fingerprint density at radius 2 is 1.90 bits per heavy atom. The minimum Gasteiger partial charge on any atom is -0.489 e. The van der Waals surface area contributed by atoms with Gasteiger partial charge in [-0.2, -0.15) is 0 Å². The van der Waals surface area contributed by atoms with Gasteiger partial charge in [-0.05, 0) is 51.7 Å². The molecule has 1 atom stereocenters. The first-order valence-corrected chi connectivity index (χ1v) is 9.59. The van der Waals surface area contributed by atoms with Crippen molar-refractivity contribution in [1.82, 2.24) is 15.4 Å². The molecule has 2 aromatic carbocycles. The molecule has 3 rings (SSSR count). The third kappa shape index (κ3) is 5.45. The Bertz CT molecular complexity index is 932. The first-order valence-electron chi connectivity index (χ1n) is 9.59. The maximum absolute atomic E-state index is 12.9. The lowest BCUT2D eigenvalue weighted by atomic mass is 10.1. The number of nitrogens with one attached hydrogen (secondary N) is 1. The van der Waals surface area contributed by atoms with Crippen LogP contribution in [0.3, 0.4) is 0 Å². The molecule has 0 bridgehead atoms. The second-order valence-corrected chi connectivity index (χ2v) is 7.32. The summed E-state index contributed by atoms with van der Waals surface area (Å²) in [5, 5.41) is 7.07. The van der Waals surface area contributed by atoms with Crippen LogP contribution in [0.4, 0.5) is 0 Å². The van der Waals surface area contributed by atoms with Gasteiger partial charge in [0.15, 0.2) is 0 Å². The van der Waals surface area contributed by atoms with Gasteiger partial charge in [-0.1, -0.05) is 41.6 Å². The molecule has 0 saturated carbocycles. The summed E-state index contributed by atoms with van der Waals surface area (Å²) in [6.45, 7) is 4.79. The van der Waals surface area contributed by atoms with Crippen LogP contribution in [-0.4, -0.2) is 36.6 Å². The van der Waals surface area contributed by atoms with E-state index in [4.69, 9.17) is 9.26 Å². The first-order chi connectivity index (χ1) is 13.9. The van der Waals surface area contributed by atoms with Crippen molar-refractivity contribution in [2.75, 3.05) is 20.6 Å². The van der Waals surface area contributed by atoms with E-state index < -0.39 is 0 Å². The van der Waals surface area contributed by atoms with Crippen molar-refractivity contribution in [2.24, 2.45) is 0 Å². The molecule has 0 saturated heterocycles. The number of aryl methyl sites for hydroxylation is 2. The van der Waals surface area contributed by atoms with Gasteiger partial charge < -0.3 is 19.5 Å². The average Bonchev–Trinajstić information content (AvgIpc) is 3.04. The second kappa shape index (κ2) is 9.39. The first kappa shape index (κ1) is 20.6. The summed E-state index contributed by atoms with van der Waals surface area (Å²) in [6.07, 6.45) is 0. The van der Waals surface area contributed by atoms with Gasteiger partial charge >= 0.3 is 0 Å². The number of amides is 1. The van der Waals surface area contributed by atoms with Gasteiger partial charge in [0, 0.05) is 12.1 Å². The molecule has 152 valence electrons. The number of hydrogen-bond acceptors (Lipinski definition) is 5. The number of hydrogen-bond donors (Lipinski definition) is 1. The lowest BCUT2D eigenvalue weighted by Crippen LogP contribution is -2.35. The summed E-state index contributed by atoms with van der Waals surface area (Å²) >= 11 is 0. The van der Waals surface area contributed by atoms with E-state index in [2.05, 4.69) is 15.4 Å². The van der Waals surface area contributed by atoms with Crippen molar-refractivity contribution < 1.29 is 14.1 Å². The molecule has 1 aromatic heterocycles. The molecule has 1 N–H and O–H groups in total. The smallest absolute Gasteiger partial charge is 0.251 e. The van der Waals surface area contributed by atoms with E-state index in [1.54, 1.807) is 12.1 Å². The molecule has 3 aromatic rings. The largest absolute Gasteiger partial charge is 0.489 e. The third-order valence-electron chi connectivity index (χ3n) is 4.72. The van der Waals surface area contributed by atoms with Crippen molar-refractivity contribution in [3.05, 3.63) is 82.7 Å². The van der Waals surface area contributed by atoms with E-state index in [9.17, 15) is 4.79 Å². The number of nitrogens with zero attached hydrogens (tertiary/aromatic N) is 2. The molecule has 0 unspecified atom stereocenters. The Morgan fingerprint density at radius 3 is 2.55 bits per heavy atom. The number of carbonyl (C=O) groups excluding carboxylic acids is 1. The standard InChI is InChI=1S/C23H27N3O3/c1-16-21(17(2)29-25-16)15-28-20-12-8-11-19(13-20)23(27)24-22(14-26(3)4)18-9-6-5-7-10-18/h5-13,22H,14-15H2,1-4H3,(H,24,27)/t22-/m1/s1. The van der Waals surface area contributed by atoms with Crippen molar-refractivity contribution in [1.29, 1.82) is 0 Å². The molecule has 6 heteroatoms. The van der Waals surface area contributed by atoms with Crippen LogP contribution in [0.2, 0.25) is 0 Å². The normalized spacial score (nSPS) is 12.0. The van der Waals surface area contributed by atoms with E-state index in [-0.39, 0.29) is 11.9 Å². The lowest BCUT2D eigenvalue weighted by molar-refractivity contribution is 0.0929. The highest BCUT2D eigenvalue weighted by atomic mass is 16.5. The number of benzene rings is 2. The van der Waals surface area contributed by atoms with Crippen LogP contribution >= 0.6 is 0 Å². The molecule has 0 radical (unpaired) electrons. The summed E-state index contributed by atoms with van der Waals surface area (Å²) in [4.78, 5) is 14.9. The third-order valence-corrected chi connectivity index (χ3v) is 4.72.